The maximum atomic E-state index is 12.2. The molecule has 0 spiro atoms. The number of aromatic nitrogens is 2. The highest BCUT2D eigenvalue weighted by molar-refractivity contribution is 5.46. The quantitative estimate of drug-likeness (QED) is 0.878. The number of piperazine rings is 1. The molecule has 1 fully saturated rings. The van der Waals surface area contributed by atoms with E-state index in [4.69, 9.17) is 0 Å². The highest BCUT2D eigenvalue weighted by Gasteiger charge is 2.18. The van der Waals surface area contributed by atoms with Crippen molar-refractivity contribution in [3.63, 3.8) is 0 Å². The molecule has 0 bridgehead atoms. The fraction of sp³-hybridized carbons (Fsp3) is 0.467. The van der Waals surface area contributed by atoms with E-state index in [1.807, 2.05) is 19.1 Å². The lowest BCUT2D eigenvalue weighted by Crippen LogP contribution is -2.49. The van der Waals surface area contributed by atoms with Crippen LogP contribution in [-0.4, -0.2) is 40.0 Å². The molecule has 0 unspecified atom stereocenters. The molecule has 3 heterocycles. The van der Waals surface area contributed by atoms with Crippen molar-refractivity contribution in [2.75, 3.05) is 19.6 Å². The zero-order valence-corrected chi connectivity index (χ0v) is 12.0. The molecule has 5 heteroatoms. The first-order chi connectivity index (χ1) is 9.65. The van der Waals surface area contributed by atoms with E-state index in [0.717, 1.165) is 43.1 Å². The van der Waals surface area contributed by atoms with Crippen molar-refractivity contribution in [2.45, 2.75) is 26.4 Å². The van der Waals surface area contributed by atoms with Gasteiger partial charge >= 0.3 is 0 Å². The third-order valence-corrected chi connectivity index (χ3v) is 3.94. The van der Waals surface area contributed by atoms with Gasteiger partial charge in [0.15, 0.2) is 0 Å². The molecule has 0 saturated carbocycles. The van der Waals surface area contributed by atoms with Crippen molar-refractivity contribution in [1.29, 1.82) is 0 Å². The molecule has 20 heavy (non-hydrogen) atoms. The number of fused-ring (bicyclic) bond motifs is 1. The van der Waals surface area contributed by atoms with E-state index in [-0.39, 0.29) is 5.56 Å². The smallest absolute Gasteiger partial charge is 0.258 e. The predicted molar refractivity (Wildman–Crippen MR) is 78.9 cm³/mol. The van der Waals surface area contributed by atoms with Gasteiger partial charge in [-0.25, -0.2) is 4.98 Å². The first-order valence-corrected chi connectivity index (χ1v) is 7.08. The van der Waals surface area contributed by atoms with E-state index in [2.05, 4.69) is 22.1 Å². The second-order valence-electron chi connectivity index (χ2n) is 5.49. The van der Waals surface area contributed by atoms with E-state index in [0.29, 0.717) is 6.04 Å². The average molecular weight is 272 g/mol. The van der Waals surface area contributed by atoms with Crippen LogP contribution in [0.4, 0.5) is 0 Å². The molecule has 0 aromatic carbocycles. The van der Waals surface area contributed by atoms with Gasteiger partial charge in [0.2, 0.25) is 0 Å². The normalized spacial score (nSPS) is 20.4. The largest absolute Gasteiger partial charge is 0.314 e. The Morgan fingerprint density at radius 2 is 2.35 bits per heavy atom. The number of nitrogens with one attached hydrogen (secondary N) is 1. The van der Waals surface area contributed by atoms with E-state index < -0.39 is 0 Å². The van der Waals surface area contributed by atoms with Crippen molar-refractivity contribution >= 4 is 5.65 Å². The number of nitrogens with zero attached hydrogens (tertiary/aromatic N) is 3. The summed E-state index contributed by atoms with van der Waals surface area (Å²) in [5, 5.41) is 3.37. The molecular formula is C15H20N4O. The Labute approximate surface area is 118 Å². The zero-order chi connectivity index (χ0) is 14.1. The van der Waals surface area contributed by atoms with Gasteiger partial charge < -0.3 is 5.32 Å². The van der Waals surface area contributed by atoms with Crippen LogP contribution < -0.4 is 10.9 Å². The highest BCUT2D eigenvalue weighted by atomic mass is 16.1. The average Bonchev–Trinajstić information content (AvgIpc) is 2.43. The monoisotopic (exact) mass is 272 g/mol. The van der Waals surface area contributed by atoms with Crippen LogP contribution in [-0.2, 0) is 6.54 Å². The number of pyridine rings is 1. The minimum atomic E-state index is -0.00325. The third-order valence-electron chi connectivity index (χ3n) is 3.94. The Bertz CT molecular complexity index is 679. The summed E-state index contributed by atoms with van der Waals surface area (Å²) in [7, 11) is 0. The van der Waals surface area contributed by atoms with Crippen LogP contribution in [0.1, 0.15) is 18.2 Å². The van der Waals surface area contributed by atoms with Crippen LogP contribution in [0.2, 0.25) is 0 Å². The van der Waals surface area contributed by atoms with E-state index in [1.165, 1.54) is 0 Å². The highest BCUT2D eigenvalue weighted by Crippen LogP contribution is 2.10. The summed E-state index contributed by atoms with van der Waals surface area (Å²) in [5.41, 5.74) is 2.65. The molecule has 5 nitrogen and oxygen atoms in total. The van der Waals surface area contributed by atoms with Crippen LogP contribution in [0.3, 0.4) is 0 Å². The first kappa shape index (κ1) is 13.3. The molecule has 106 valence electrons. The minimum Gasteiger partial charge on any atom is -0.314 e. The van der Waals surface area contributed by atoms with E-state index in [1.54, 1.807) is 16.7 Å². The molecule has 3 rings (SSSR count). The van der Waals surface area contributed by atoms with E-state index >= 15 is 0 Å². The van der Waals surface area contributed by atoms with Crippen LogP contribution >= 0.6 is 0 Å². The number of aryl methyl sites for hydroxylation is 1. The molecule has 1 atom stereocenters. The summed E-state index contributed by atoms with van der Waals surface area (Å²) in [6.45, 7) is 7.91. The summed E-state index contributed by atoms with van der Waals surface area (Å²) < 4.78 is 1.61. The van der Waals surface area contributed by atoms with Gasteiger partial charge in [-0.05, 0) is 25.5 Å². The minimum absolute atomic E-state index is 0.00325. The lowest BCUT2D eigenvalue weighted by molar-refractivity contribution is 0.164. The van der Waals surface area contributed by atoms with Gasteiger partial charge in [0.05, 0.1) is 5.69 Å². The maximum absolute atomic E-state index is 12.2. The summed E-state index contributed by atoms with van der Waals surface area (Å²) >= 11 is 0. The molecule has 1 aliphatic rings. The second kappa shape index (κ2) is 5.34. The predicted octanol–water partition coefficient (Wildman–Crippen LogP) is 0.797. The van der Waals surface area contributed by atoms with Crippen molar-refractivity contribution in [2.24, 2.45) is 0 Å². The van der Waals surface area contributed by atoms with Crippen LogP contribution in [0.15, 0.2) is 29.2 Å². The summed E-state index contributed by atoms with van der Waals surface area (Å²) in [6, 6.07) is 5.99. The third kappa shape index (κ3) is 2.46. The van der Waals surface area contributed by atoms with Crippen molar-refractivity contribution in [1.82, 2.24) is 19.6 Å². The maximum Gasteiger partial charge on any atom is 0.258 e. The topological polar surface area (TPSA) is 49.6 Å². The van der Waals surface area contributed by atoms with Crippen LogP contribution in [0, 0.1) is 6.92 Å². The Morgan fingerprint density at radius 1 is 1.50 bits per heavy atom. The number of rotatable bonds is 2. The Balaban J connectivity index is 1.96. The van der Waals surface area contributed by atoms with Crippen molar-refractivity contribution in [3.8, 4) is 0 Å². The number of hydrogen-bond donors (Lipinski definition) is 1. The first-order valence-electron chi connectivity index (χ1n) is 7.08. The van der Waals surface area contributed by atoms with Gasteiger partial charge in [-0.1, -0.05) is 6.07 Å². The molecule has 1 N–H and O–H groups in total. The van der Waals surface area contributed by atoms with E-state index in [9.17, 15) is 4.79 Å². The zero-order valence-electron chi connectivity index (χ0n) is 12.0. The van der Waals surface area contributed by atoms with Crippen molar-refractivity contribution < 1.29 is 0 Å². The van der Waals surface area contributed by atoms with Crippen LogP contribution in [0.5, 0.6) is 0 Å². The van der Waals surface area contributed by atoms with Gasteiger partial charge in [-0.15, -0.1) is 0 Å². The van der Waals surface area contributed by atoms with Gasteiger partial charge in [0, 0.05) is 44.5 Å². The molecule has 0 aliphatic carbocycles. The molecular weight excluding hydrogens is 252 g/mol. The van der Waals surface area contributed by atoms with Gasteiger partial charge in [0.25, 0.3) is 5.56 Å². The van der Waals surface area contributed by atoms with Gasteiger partial charge in [-0.2, -0.15) is 0 Å². The number of hydrogen-bond acceptors (Lipinski definition) is 4. The van der Waals surface area contributed by atoms with Gasteiger partial charge in [0.1, 0.15) is 5.65 Å². The summed E-state index contributed by atoms with van der Waals surface area (Å²) in [6.07, 6.45) is 1.77. The molecule has 2 aromatic heterocycles. The molecule has 1 saturated heterocycles. The Hall–Kier alpha value is -1.72. The Morgan fingerprint density at radius 3 is 3.15 bits per heavy atom. The van der Waals surface area contributed by atoms with Gasteiger partial charge in [-0.3, -0.25) is 14.1 Å². The molecule has 0 amide bonds. The molecule has 0 radical (unpaired) electrons. The Kier molecular flexibility index (Phi) is 3.54. The summed E-state index contributed by atoms with van der Waals surface area (Å²) in [4.78, 5) is 19.2. The van der Waals surface area contributed by atoms with Crippen molar-refractivity contribution in [3.05, 3.63) is 46.0 Å². The SMILES string of the molecule is Cc1cccn2c(=O)cc(CN3CCNC[C@H]3C)nc12. The fourth-order valence-corrected chi connectivity index (χ4v) is 2.72. The second-order valence-corrected chi connectivity index (χ2v) is 5.49. The fourth-order valence-electron chi connectivity index (χ4n) is 2.72. The lowest BCUT2D eigenvalue weighted by Gasteiger charge is -2.33. The molecule has 1 aliphatic heterocycles. The molecule has 2 aromatic rings. The lowest BCUT2D eigenvalue weighted by atomic mass is 10.2. The standard InChI is InChI=1S/C15H20N4O/c1-11-4-3-6-19-14(20)8-13(17-15(11)19)10-18-7-5-16-9-12(18)2/h3-4,6,8,12,16H,5,7,9-10H2,1-2H3/t12-/m1/s1. The van der Waals surface area contributed by atoms with Crippen LogP contribution in [0.25, 0.3) is 5.65 Å². The summed E-state index contributed by atoms with van der Waals surface area (Å²) in [5.74, 6) is 0.